The summed E-state index contributed by atoms with van der Waals surface area (Å²) >= 11 is 3.04. The highest BCUT2D eigenvalue weighted by molar-refractivity contribution is 9.10. The smallest absolute Gasteiger partial charge is 0.339 e. The minimum absolute atomic E-state index is 0.0749. The first-order valence-corrected chi connectivity index (χ1v) is 6.31. The molecule has 0 unspecified atom stereocenters. The maximum Gasteiger partial charge on any atom is 0.339 e. The molecule has 1 amide bonds. The number of nitrogens with two attached hydrogens (primary N) is 1. The molecule has 5 nitrogen and oxygen atoms in total. The molecule has 0 bridgehead atoms. The summed E-state index contributed by atoms with van der Waals surface area (Å²) in [7, 11) is 1.60. The lowest BCUT2D eigenvalue weighted by Crippen LogP contribution is -2.31. The van der Waals surface area contributed by atoms with Crippen molar-refractivity contribution in [3.05, 3.63) is 28.0 Å². The van der Waals surface area contributed by atoms with E-state index in [1.807, 2.05) is 0 Å². The number of nitrogens with zero attached hydrogens (tertiary/aromatic N) is 1. The van der Waals surface area contributed by atoms with E-state index in [2.05, 4.69) is 15.9 Å². The number of nitrogen functional groups attached to an aromatic ring is 1. The second-order valence-electron chi connectivity index (χ2n) is 3.84. The van der Waals surface area contributed by atoms with Crippen molar-refractivity contribution in [1.82, 2.24) is 4.90 Å². The third-order valence-electron chi connectivity index (χ3n) is 2.53. The van der Waals surface area contributed by atoms with Gasteiger partial charge in [0.25, 0.3) is 5.91 Å². The fourth-order valence-corrected chi connectivity index (χ4v) is 1.69. The zero-order chi connectivity index (χ0) is 14.6. The average molecular weight is 333 g/mol. The number of anilines is 1. The molecular formula is C12H14BrFN2O3. The Bertz CT molecular complexity index is 508. The number of amides is 1. The molecule has 7 heteroatoms. The summed E-state index contributed by atoms with van der Waals surface area (Å²) in [5.41, 5.74) is 5.29. The topological polar surface area (TPSA) is 72.6 Å². The van der Waals surface area contributed by atoms with Gasteiger partial charge < -0.3 is 15.4 Å². The van der Waals surface area contributed by atoms with Crippen molar-refractivity contribution in [1.29, 1.82) is 0 Å². The number of benzene rings is 1. The van der Waals surface area contributed by atoms with Gasteiger partial charge in [0.1, 0.15) is 5.82 Å². The largest absolute Gasteiger partial charge is 0.452 e. The van der Waals surface area contributed by atoms with E-state index < -0.39 is 11.8 Å². The molecule has 1 aromatic carbocycles. The zero-order valence-electron chi connectivity index (χ0n) is 10.6. The lowest BCUT2D eigenvalue weighted by Gasteiger charge is -2.14. The van der Waals surface area contributed by atoms with Crippen LogP contribution in [0.5, 0.6) is 0 Å². The van der Waals surface area contributed by atoms with Crippen molar-refractivity contribution < 1.29 is 18.7 Å². The molecule has 1 aromatic rings. The SMILES string of the molecule is CCN(C)C(=O)COC(=O)c1cc(N)c(F)cc1Br. The van der Waals surface area contributed by atoms with Crippen molar-refractivity contribution in [2.45, 2.75) is 6.92 Å². The Morgan fingerprint density at radius 1 is 1.47 bits per heavy atom. The lowest BCUT2D eigenvalue weighted by atomic mass is 10.2. The van der Waals surface area contributed by atoms with Gasteiger partial charge in [-0.2, -0.15) is 0 Å². The summed E-state index contributed by atoms with van der Waals surface area (Å²) in [5.74, 6) is -1.69. The molecule has 2 N–H and O–H groups in total. The quantitative estimate of drug-likeness (QED) is 0.674. The molecule has 0 radical (unpaired) electrons. The molecule has 0 saturated heterocycles. The molecule has 0 aliphatic heterocycles. The summed E-state index contributed by atoms with van der Waals surface area (Å²) in [4.78, 5) is 24.6. The van der Waals surface area contributed by atoms with Gasteiger partial charge >= 0.3 is 5.97 Å². The molecule has 0 fully saturated rings. The summed E-state index contributed by atoms with van der Waals surface area (Å²) in [6.45, 7) is 1.95. The molecule has 0 saturated carbocycles. The summed E-state index contributed by atoms with van der Waals surface area (Å²) in [6, 6.07) is 2.24. The summed E-state index contributed by atoms with van der Waals surface area (Å²) < 4.78 is 18.2. The Balaban J connectivity index is 2.74. The molecule has 0 aliphatic rings. The predicted molar refractivity (Wildman–Crippen MR) is 72.1 cm³/mol. The summed E-state index contributed by atoms with van der Waals surface area (Å²) in [5, 5.41) is 0. The van der Waals surface area contributed by atoms with E-state index >= 15 is 0 Å². The molecule has 19 heavy (non-hydrogen) atoms. The lowest BCUT2D eigenvalue weighted by molar-refractivity contribution is -0.133. The van der Waals surface area contributed by atoms with Gasteiger partial charge in [-0.05, 0) is 35.0 Å². The van der Waals surface area contributed by atoms with Crippen LogP contribution in [0.1, 0.15) is 17.3 Å². The van der Waals surface area contributed by atoms with E-state index in [9.17, 15) is 14.0 Å². The molecule has 0 aliphatic carbocycles. The fraction of sp³-hybridized carbons (Fsp3) is 0.333. The normalized spacial score (nSPS) is 10.1. The fourth-order valence-electron chi connectivity index (χ4n) is 1.21. The van der Waals surface area contributed by atoms with Gasteiger partial charge in [0.2, 0.25) is 0 Å². The van der Waals surface area contributed by atoms with Crippen LogP contribution in [0.4, 0.5) is 10.1 Å². The number of carbonyl (C=O) groups is 2. The van der Waals surface area contributed by atoms with E-state index in [4.69, 9.17) is 10.5 Å². The Morgan fingerprint density at radius 2 is 2.11 bits per heavy atom. The first-order valence-electron chi connectivity index (χ1n) is 5.52. The van der Waals surface area contributed by atoms with Crippen LogP contribution in [0.3, 0.4) is 0 Å². The van der Waals surface area contributed by atoms with Crippen molar-refractivity contribution in [2.75, 3.05) is 25.9 Å². The van der Waals surface area contributed by atoms with Gasteiger partial charge in [-0.15, -0.1) is 0 Å². The Morgan fingerprint density at radius 3 is 2.68 bits per heavy atom. The molecule has 0 spiro atoms. The first-order chi connectivity index (χ1) is 8.86. The number of hydrogen-bond donors (Lipinski definition) is 1. The van der Waals surface area contributed by atoms with Gasteiger partial charge in [-0.3, -0.25) is 4.79 Å². The molecular weight excluding hydrogens is 319 g/mol. The molecule has 0 aromatic heterocycles. The molecule has 1 rings (SSSR count). The highest BCUT2D eigenvalue weighted by Gasteiger charge is 2.17. The average Bonchev–Trinajstić information content (AvgIpc) is 2.38. The van der Waals surface area contributed by atoms with Gasteiger partial charge in [-0.1, -0.05) is 0 Å². The Kier molecular flexibility index (Phi) is 5.29. The monoisotopic (exact) mass is 332 g/mol. The number of halogens is 2. The van der Waals surface area contributed by atoms with Crippen LogP contribution in [0, 0.1) is 5.82 Å². The standard InChI is InChI=1S/C12H14BrFN2O3/c1-3-16(2)11(17)6-19-12(18)7-4-10(15)9(14)5-8(7)13/h4-5H,3,6,15H2,1-2H3. The third-order valence-corrected chi connectivity index (χ3v) is 3.19. The Labute approximate surface area is 118 Å². The van der Waals surface area contributed by atoms with E-state index in [0.29, 0.717) is 6.54 Å². The van der Waals surface area contributed by atoms with Gasteiger partial charge in [-0.25, -0.2) is 9.18 Å². The van der Waals surface area contributed by atoms with Crippen LogP contribution >= 0.6 is 15.9 Å². The second kappa shape index (κ2) is 6.51. The number of carbonyl (C=O) groups excluding carboxylic acids is 2. The van der Waals surface area contributed by atoms with Crippen LogP contribution in [-0.4, -0.2) is 37.0 Å². The van der Waals surface area contributed by atoms with Crippen molar-refractivity contribution in [3.8, 4) is 0 Å². The highest BCUT2D eigenvalue weighted by atomic mass is 79.9. The molecule has 104 valence electrons. The zero-order valence-corrected chi connectivity index (χ0v) is 12.2. The number of ether oxygens (including phenoxy) is 1. The molecule has 0 heterocycles. The van der Waals surface area contributed by atoms with Gasteiger partial charge in [0.05, 0.1) is 11.3 Å². The van der Waals surface area contributed by atoms with Crippen LogP contribution in [0.15, 0.2) is 16.6 Å². The molecule has 0 atom stereocenters. The number of likely N-dealkylation sites (N-methyl/N-ethyl adjacent to an activating group) is 1. The Hall–Kier alpha value is -1.63. The van der Waals surface area contributed by atoms with Crippen LogP contribution in [0.25, 0.3) is 0 Å². The highest BCUT2D eigenvalue weighted by Crippen LogP contribution is 2.23. The van der Waals surface area contributed by atoms with Crippen molar-refractivity contribution in [3.63, 3.8) is 0 Å². The number of rotatable bonds is 4. The van der Waals surface area contributed by atoms with Crippen molar-refractivity contribution in [2.24, 2.45) is 0 Å². The minimum Gasteiger partial charge on any atom is -0.452 e. The van der Waals surface area contributed by atoms with Crippen LogP contribution in [0.2, 0.25) is 0 Å². The summed E-state index contributed by atoms with van der Waals surface area (Å²) in [6.07, 6.45) is 0. The number of hydrogen-bond acceptors (Lipinski definition) is 4. The maximum absolute atomic E-state index is 13.1. The second-order valence-corrected chi connectivity index (χ2v) is 4.69. The van der Waals surface area contributed by atoms with E-state index in [1.165, 1.54) is 4.90 Å². The van der Waals surface area contributed by atoms with Crippen LogP contribution < -0.4 is 5.73 Å². The first kappa shape index (κ1) is 15.4. The predicted octanol–water partition coefficient (Wildman–Crippen LogP) is 1.81. The van der Waals surface area contributed by atoms with E-state index in [0.717, 1.165) is 12.1 Å². The van der Waals surface area contributed by atoms with Gasteiger partial charge in [0, 0.05) is 18.1 Å². The minimum atomic E-state index is -0.739. The van der Waals surface area contributed by atoms with E-state index in [1.54, 1.807) is 14.0 Å². The van der Waals surface area contributed by atoms with Crippen molar-refractivity contribution >= 4 is 33.5 Å². The number of esters is 1. The van der Waals surface area contributed by atoms with Crippen LogP contribution in [-0.2, 0) is 9.53 Å². The maximum atomic E-state index is 13.1. The van der Waals surface area contributed by atoms with Gasteiger partial charge in [0.15, 0.2) is 6.61 Å². The third kappa shape index (κ3) is 3.92. The van der Waals surface area contributed by atoms with E-state index in [-0.39, 0.29) is 28.2 Å².